The van der Waals surface area contributed by atoms with Gasteiger partial charge in [0.1, 0.15) is 4.47 Å². The Balaban J connectivity index is 2.42. The molecule has 0 aromatic carbocycles. The van der Waals surface area contributed by atoms with Gasteiger partial charge in [0.15, 0.2) is 0 Å². The first-order valence-electron chi connectivity index (χ1n) is 6.05. The highest BCUT2D eigenvalue weighted by Crippen LogP contribution is 2.19. The van der Waals surface area contributed by atoms with Crippen LogP contribution in [-0.2, 0) is 0 Å². The standard InChI is InChI=1S/C12H19BrN2O2/c1-3-4-5-6-7-9(2)17-12-10(13)11(16)14-8-15-12/h8-9H,3-7H2,1-2H3,(H,14,15,16). The highest BCUT2D eigenvalue weighted by Gasteiger charge is 2.10. The summed E-state index contributed by atoms with van der Waals surface area (Å²) in [6.45, 7) is 4.19. The van der Waals surface area contributed by atoms with Gasteiger partial charge in [-0.25, -0.2) is 4.98 Å². The normalized spacial score (nSPS) is 12.4. The van der Waals surface area contributed by atoms with Gasteiger partial charge < -0.3 is 9.72 Å². The second kappa shape index (κ2) is 7.48. The SMILES string of the molecule is CCCCCCC(C)Oc1nc[nH]c(=O)c1Br. The molecule has 0 aliphatic rings. The number of hydrogen-bond acceptors (Lipinski definition) is 3. The van der Waals surface area contributed by atoms with Crippen molar-refractivity contribution in [2.24, 2.45) is 0 Å². The third-order valence-electron chi connectivity index (χ3n) is 2.54. The van der Waals surface area contributed by atoms with Gasteiger partial charge >= 0.3 is 0 Å². The minimum Gasteiger partial charge on any atom is -0.474 e. The van der Waals surface area contributed by atoms with Crippen LogP contribution in [0.2, 0.25) is 0 Å². The van der Waals surface area contributed by atoms with Crippen molar-refractivity contribution in [3.8, 4) is 5.88 Å². The molecule has 1 aromatic rings. The molecule has 96 valence electrons. The fourth-order valence-electron chi connectivity index (χ4n) is 1.56. The number of H-pyrrole nitrogens is 1. The fraction of sp³-hybridized carbons (Fsp3) is 0.667. The molecule has 0 saturated carbocycles. The van der Waals surface area contributed by atoms with Crippen LogP contribution in [0, 0.1) is 0 Å². The second-order valence-corrected chi connectivity index (χ2v) is 4.92. The molecule has 17 heavy (non-hydrogen) atoms. The van der Waals surface area contributed by atoms with E-state index >= 15 is 0 Å². The van der Waals surface area contributed by atoms with Crippen LogP contribution in [0.1, 0.15) is 46.0 Å². The number of unbranched alkanes of at least 4 members (excludes halogenated alkanes) is 3. The van der Waals surface area contributed by atoms with E-state index in [1.54, 1.807) is 0 Å². The fourth-order valence-corrected chi connectivity index (χ4v) is 1.87. The quantitative estimate of drug-likeness (QED) is 0.787. The van der Waals surface area contributed by atoms with Gasteiger partial charge in [-0.2, -0.15) is 0 Å². The molecule has 0 amide bonds. The van der Waals surface area contributed by atoms with E-state index in [9.17, 15) is 4.79 Å². The van der Waals surface area contributed by atoms with Crippen LogP contribution in [-0.4, -0.2) is 16.1 Å². The van der Waals surface area contributed by atoms with E-state index in [0.29, 0.717) is 10.4 Å². The molecule has 1 atom stereocenters. The first-order valence-corrected chi connectivity index (χ1v) is 6.84. The Bertz CT molecular complexity index is 392. The Labute approximate surface area is 110 Å². The van der Waals surface area contributed by atoms with Crippen molar-refractivity contribution < 1.29 is 4.74 Å². The maximum Gasteiger partial charge on any atom is 0.268 e. The number of ether oxygens (including phenoxy) is 1. The Kier molecular flexibility index (Phi) is 6.26. The average Bonchev–Trinajstić information content (AvgIpc) is 2.31. The number of hydrogen-bond donors (Lipinski definition) is 1. The Morgan fingerprint density at radius 2 is 2.24 bits per heavy atom. The summed E-state index contributed by atoms with van der Waals surface area (Å²) in [5.41, 5.74) is -0.215. The zero-order valence-corrected chi connectivity index (χ0v) is 11.9. The number of aromatic nitrogens is 2. The van der Waals surface area contributed by atoms with Gasteiger partial charge in [0, 0.05) is 0 Å². The third kappa shape index (κ3) is 4.89. The highest BCUT2D eigenvalue weighted by molar-refractivity contribution is 9.10. The van der Waals surface area contributed by atoms with Gasteiger partial charge in [0.05, 0.1) is 12.4 Å². The van der Waals surface area contributed by atoms with Crippen LogP contribution in [0.3, 0.4) is 0 Å². The van der Waals surface area contributed by atoms with Gasteiger partial charge in [0.2, 0.25) is 5.88 Å². The van der Waals surface area contributed by atoms with Crippen molar-refractivity contribution in [1.82, 2.24) is 9.97 Å². The van der Waals surface area contributed by atoms with Crippen LogP contribution in [0.5, 0.6) is 5.88 Å². The molecule has 1 N–H and O–H groups in total. The molecule has 4 nitrogen and oxygen atoms in total. The molecule has 0 fully saturated rings. The van der Waals surface area contributed by atoms with Crippen molar-refractivity contribution in [3.05, 3.63) is 21.2 Å². The van der Waals surface area contributed by atoms with Crippen LogP contribution >= 0.6 is 15.9 Å². The lowest BCUT2D eigenvalue weighted by Crippen LogP contribution is -2.16. The number of nitrogens with zero attached hydrogens (tertiary/aromatic N) is 1. The summed E-state index contributed by atoms with van der Waals surface area (Å²) in [6, 6.07) is 0. The molecule has 0 saturated heterocycles. The summed E-state index contributed by atoms with van der Waals surface area (Å²) >= 11 is 3.17. The van der Waals surface area contributed by atoms with Gasteiger partial charge in [-0.15, -0.1) is 0 Å². The van der Waals surface area contributed by atoms with Gasteiger partial charge in [-0.1, -0.05) is 26.2 Å². The predicted molar refractivity (Wildman–Crippen MR) is 71.4 cm³/mol. The van der Waals surface area contributed by atoms with E-state index in [1.807, 2.05) is 6.92 Å². The molecule has 0 aliphatic heterocycles. The van der Waals surface area contributed by atoms with E-state index in [-0.39, 0.29) is 11.7 Å². The maximum absolute atomic E-state index is 11.3. The van der Waals surface area contributed by atoms with E-state index in [4.69, 9.17) is 4.74 Å². The van der Waals surface area contributed by atoms with Crippen LogP contribution in [0.25, 0.3) is 0 Å². The van der Waals surface area contributed by atoms with Gasteiger partial charge in [-0.05, 0) is 35.7 Å². The number of nitrogens with one attached hydrogen (secondary N) is 1. The minimum absolute atomic E-state index is 0.0810. The smallest absolute Gasteiger partial charge is 0.268 e. The first kappa shape index (κ1) is 14.2. The lowest BCUT2D eigenvalue weighted by molar-refractivity contribution is 0.196. The van der Waals surface area contributed by atoms with Crippen molar-refractivity contribution in [2.75, 3.05) is 0 Å². The lowest BCUT2D eigenvalue weighted by atomic mass is 10.1. The molecular weight excluding hydrogens is 284 g/mol. The molecule has 0 bridgehead atoms. The Morgan fingerprint density at radius 3 is 2.94 bits per heavy atom. The van der Waals surface area contributed by atoms with Crippen molar-refractivity contribution in [2.45, 2.75) is 52.1 Å². The Hall–Kier alpha value is -0.840. The molecule has 0 radical (unpaired) electrons. The summed E-state index contributed by atoms with van der Waals surface area (Å²) in [4.78, 5) is 17.8. The molecule has 0 aliphatic carbocycles. The second-order valence-electron chi connectivity index (χ2n) is 4.13. The van der Waals surface area contributed by atoms with Gasteiger partial charge in [0.25, 0.3) is 5.56 Å². The van der Waals surface area contributed by atoms with Crippen LogP contribution in [0.15, 0.2) is 15.6 Å². The van der Waals surface area contributed by atoms with Crippen molar-refractivity contribution >= 4 is 15.9 Å². The van der Waals surface area contributed by atoms with E-state index in [0.717, 1.165) is 12.8 Å². The van der Waals surface area contributed by atoms with E-state index in [1.165, 1.54) is 25.6 Å². The summed E-state index contributed by atoms with van der Waals surface area (Å²) in [7, 11) is 0. The predicted octanol–water partition coefficient (Wildman–Crippen LogP) is 3.27. The minimum atomic E-state index is -0.215. The molecule has 1 unspecified atom stereocenters. The highest BCUT2D eigenvalue weighted by atomic mass is 79.9. The molecular formula is C12H19BrN2O2. The van der Waals surface area contributed by atoms with Crippen LogP contribution in [0.4, 0.5) is 0 Å². The van der Waals surface area contributed by atoms with E-state index < -0.39 is 0 Å². The third-order valence-corrected chi connectivity index (χ3v) is 3.24. The van der Waals surface area contributed by atoms with Gasteiger partial charge in [-0.3, -0.25) is 4.79 Å². The molecule has 5 heteroatoms. The number of aromatic amines is 1. The summed E-state index contributed by atoms with van der Waals surface area (Å²) in [5.74, 6) is 0.372. The molecule has 1 rings (SSSR count). The largest absolute Gasteiger partial charge is 0.474 e. The number of halogens is 1. The lowest BCUT2D eigenvalue weighted by Gasteiger charge is -2.14. The monoisotopic (exact) mass is 302 g/mol. The zero-order valence-electron chi connectivity index (χ0n) is 10.3. The summed E-state index contributed by atoms with van der Waals surface area (Å²) < 4.78 is 5.99. The molecule has 0 spiro atoms. The molecule has 1 aromatic heterocycles. The summed E-state index contributed by atoms with van der Waals surface area (Å²) in [5, 5.41) is 0. The van der Waals surface area contributed by atoms with E-state index in [2.05, 4.69) is 32.8 Å². The first-order chi connectivity index (χ1) is 8.15. The summed E-state index contributed by atoms with van der Waals surface area (Å²) in [6.07, 6.45) is 7.30. The topological polar surface area (TPSA) is 55.0 Å². The zero-order chi connectivity index (χ0) is 12.7. The van der Waals surface area contributed by atoms with Crippen LogP contribution < -0.4 is 10.3 Å². The average molecular weight is 303 g/mol. The maximum atomic E-state index is 11.3. The number of rotatable bonds is 7. The van der Waals surface area contributed by atoms with Crippen molar-refractivity contribution in [3.63, 3.8) is 0 Å². The van der Waals surface area contributed by atoms with Crippen molar-refractivity contribution in [1.29, 1.82) is 0 Å². The Morgan fingerprint density at radius 1 is 1.47 bits per heavy atom. The molecule has 1 heterocycles.